The molecular formula is C9H8F3. The SMILES string of the molecule is C[C](CF)c1ccc(F)c(F)c1. The maximum atomic E-state index is 12.6. The summed E-state index contributed by atoms with van der Waals surface area (Å²) in [4.78, 5) is 0. The van der Waals surface area contributed by atoms with E-state index in [1.165, 1.54) is 13.0 Å². The maximum absolute atomic E-state index is 12.6. The molecule has 0 aromatic heterocycles. The second-order valence-corrected chi connectivity index (χ2v) is 2.54. The molecule has 1 aromatic carbocycles. The quantitative estimate of drug-likeness (QED) is 0.645. The Morgan fingerprint density at radius 3 is 2.42 bits per heavy atom. The number of hydrogen-bond donors (Lipinski definition) is 0. The molecule has 0 heterocycles. The first kappa shape index (κ1) is 9.10. The third kappa shape index (κ3) is 1.78. The Morgan fingerprint density at radius 2 is 1.92 bits per heavy atom. The fourth-order valence-corrected chi connectivity index (χ4v) is 0.839. The van der Waals surface area contributed by atoms with Crippen LogP contribution >= 0.6 is 0 Å². The van der Waals surface area contributed by atoms with Gasteiger partial charge in [0.25, 0.3) is 0 Å². The van der Waals surface area contributed by atoms with E-state index >= 15 is 0 Å². The minimum absolute atomic E-state index is 0.397. The van der Waals surface area contributed by atoms with Gasteiger partial charge in [-0.2, -0.15) is 0 Å². The first-order chi connectivity index (χ1) is 5.65. The van der Waals surface area contributed by atoms with Gasteiger partial charge in [0.2, 0.25) is 0 Å². The van der Waals surface area contributed by atoms with Crippen LogP contribution in [-0.4, -0.2) is 6.67 Å². The molecule has 0 aliphatic heterocycles. The van der Waals surface area contributed by atoms with Crippen LogP contribution in [0.5, 0.6) is 0 Å². The predicted octanol–water partition coefficient (Wildman–Crippen LogP) is 2.88. The van der Waals surface area contributed by atoms with Gasteiger partial charge in [-0.3, -0.25) is 4.39 Å². The standard InChI is InChI=1S/C9H8F3/c1-6(5-10)7-2-3-8(11)9(12)4-7/h2-4H,5H2,1H3. The molecule has 0 atom stereocenters. The Balaban J connectivity index is 2.96. The van der Waals surface area contributed by atoms with Gasteiger partial charge in [-0.1, -0.05) is 13.0 Å². The average molecular weight is 173 g/mol. The summed E-state index contributed by atoms with van der Waals surface area (Å²) < 4.78 is 37.0. The van der Waals surface area contributed by atoms with Crippen molar-refractivity contribution in [2.45, 2.75) is 6.92 Å². The highest BCUT2D eigenvalue weighted by Gasteiger charge is 2.08. The molecule has 0 spiro atoms. The second-order valence-electron chi connectivity index (χ2n) is 2.54. The molecule has 1 rings (SSSR count). The van der Waals surface area contributed by atoms with Crippen LogP contribution < -0.4 is 0 Å². The average Bonchev–Trinajstić information content (AvgIpc) is 2.08. The molecule has 0 saturated carbocycles. The fraction of sp³-hybridized carbons (Fsp3) is 0.222. The Labute approximate surface area is 69.0 Å². The molecule has 1 radical (unpaired) electrons. The molecule has 0 aliphatic rings. The highest BCUT2D eigenvalue weighted by atomic mass is 19.2. The van der Waals surface area contributed by atoms with Gasteiger partial charge in [-0.25, -0.2) is 8.78 Å². The summed E-state index contributed by atoms with van der Waals surface area (Å²) >= 11 is 0. The highest BCUT2D eigenvalue weighted by molar-refractivity contribution is 5.30. The summed E-state index contributed by atoms with van der Waals surface area (Å²) in [6.45, 7) is 0.887. The van der Waals surface area contributed by atoms with Crippen molar-refractivity contribution in [1.29, 1.82) is 0 Å². The highest BCUT2D eigenvalue weighted by Crippen LogP contribution is 2.17. The molecule has 0 N–H and O–H groups in total. The lowest BCUT2D eigenvalue weighted by atomic mass is 10.0. The summed E-state index contributed by atoms with van der Waals surface area (Å²) in [7, 11) is 0. The second kappa shape index (κ2) is 3.61. The summed E-state index contributed by atoms with van der Waals surface area (Å²) in [5, 5.41) is 0. The largest absolute Gasteiger partial charge is 0.250 e. The zero-order valence-electron chi connectivity index (χ0n) is 6.57. The minimum atomic E-state index is -0.944. The first-order valence-corrected chi connectivity index (χ1v) is 3.49. The van der Waals surface area contributed by atoms with Gasteiger partial charge in [-0.15, -0.1) is 0 Å². The number of alkyl halides is 1. The zero-order valence-corrected chi connectivity index (χ0v) is 6.57. The molecule has 0 bridgehead atoms. The predicted molar refractivity (Wildman–Crippen MR) is 40.4 cm³/mol. The third-order valence-electron chi connectivity index (χ3n) is 1.61. The van der Waals surface area contributed by atoms with Crippen molar-refractivity contribution >= 4 is 0 Å². The molecule has 0 amide bonds. The van der Waals surface area contributed by atoms with E-state index < -0.39 is 18.3 Å². The lowest BCUT2D eigenvalue weighted by Gasteiger charge is -2.05. The Morgan fingerprint density at radius 1 is 1.25 bits per heavy atom. The van der Waals surface area contributed by atoms with Gasteiger partial charge >= 0.3 is 0 Å². The Bertz CT molecular complexity index is 270. The van der Waals surface area contributed by atoms with Crippen molar-refractivity contribution < 1.29 is 13.2 Å². The van der Waals surface area contributed by atoms with Crippen LogP contribution in [0.3, 0.4) is 0 Å². The van der Waals surface area contributed by atoms with E-state index in [4.69, 9.17) is 0 Å². The van der Waals surface area contributed by atoms with Gasteiger partial charge in [0.05, 0.1) is 6.67 Å². The van der Waals surface area contributed by atoms with E-state index in [-0.39, 0.29) is 0 Å². The maximum Gasteiger partial charge on any atom is 0.159 e. The molecule has 65 valence electrons. The Hall–Kier alpha value is -0.990. The molecule has 0 nitrogen and oxygen atoms in total. The van der Waals surface area contributed by atoms with Crippen molar-refractivity contribution in [1.82, 2.24) is 0 Å². The van der Waals surface area contributed by atoms with Crippen LogP contribution in [0.2, 0.25) is 0 Å². The zero-order chi connectivity index (χ0) is 9.14. The van der Waals surface area contributed by atoms with Crippen LogP contribution in [0.15, 0.2) is 18.2 Å². The Kier molecular flexibility index (Phi) is 2.74. The molecule has 3 heteroatoms. The van der Waals surface area contributed by atoms with E-state index in [1.807, 2.05) is 0 Å². The van der Waals surface area contributed by atoms with Crippen molar-refractivity contribution in [3.05, 3.63) is 41.3 Å². The molecule has 0 unspecified atom stereocenters. The normalized spacial score (nSPS) is 10.8. The third-order valence-corrected chi connectivity index (χ3v) is 1.61. The van der Waals surface area contributed by atoms with E-state index in [0.29, 0.717) is 11.5 Å². The fourth-order valence-electron chi connectivity index (χ4n) is 0.839. The van der Waals surface area contributed by atoms with Crippen molar-refractivity contribution in [2.24, 2.45) is 0 Å². The summed E-state index contributed by atoms with van der Waals surface area (Å²) in [5.41, 5.74) is 0.399. The monoisotopic (exact) mass is 173 g/mol. The van der Waals surface area contributed by atoms with Gasteiger partial charge in [0, 0.05) is 5.92 Å². The lowest BCUT2D eigenvalue weighted by molar-refractivity contribution is 0.500. The molecular weight excluding hydrogens is 165 g/mol. The van der Waals surface area contributed by atoms with Gasteiger partial charge in [-0.05, 0) is 17.7 Å². The van der Waals surface area contributed by atoms with Gasteiger partial charge in [0.15, 0.2) is 11.6 Å². The van der Waals surface area contributed by atoms with E-state index in [9.17, 15) is 13.2 Å². The van der Waals surface area contributed by atoms with Crippen LogP contribution in [0, 0.1) is 17.6 Å². The lowest BCUT2D eigenvalue weighted by Crippen LogP contribution is -1.98. The van der Waals surface area contributed by atoms with Gasteiger partial charge < -0.3 is 0 Å². The molecule has 12 heavy (non-hydrogen) atoms. The van der Waals surface area contributed by atoms with Crippen LogP contribution in [0.1, 0.15) is 12.5 Å². The molecule has 0 aliphatic carbocycles. The smallest absolute Gasteiger partial charge is 0.159 e. The minimum Gasteiger partial charge on any atom is -0.250 e. The first-order valence-electron chi connectivity index (χ1n) is 3.49. The summed E-state index contributed by atoms with van der Waals surface area (Å²) in [6, 6.07) is 3.33. The summed E-state index contributed by atoms with van der Waals surface area (Å²) in [6.07, 6.45) is 0. The van der Waals surface area contributed by atoms with Crippen LogP contribution in [0.25, 0.3) is 0 Å². The molecule has 0 saturated heterocycles. The number of rotatable bonds is 2. The topological polar surface area (TPSA) is 0 Å². The van der Waals surface area contributed by atoms with Crippen molar-refractivity contribution in [3.63, 3.8) is 0 Å². The van der Waals surface area contributed by atoms with Crippen molar-refractivity contribution in [3.8, 4) is 0 Å². The molecule has 0 fully saturated rings. The molecule has 1 aromatic rings. The van der Waals surface area contributed by atoms with E-state index in [0.717, 1.165) is 12.1 Å². The number of halogens is 3. The van der Waals surface area contributed by atoms with Gasteiger partial charge in [0.1, 0.15) is 0 Å². The van der Waals surface area contributed by atoms with Crippen LogP contribution in [-0.2, 0) is 0 Å². The van der Waals surface area contributed by atoms with Crippen LogP contribution in [0.4, 0.5) is 13.2 Å². The summed E-state index contributed by atoms with van der Waals surface area (Å²) in [5.74, 6) is -1.46. The van der Waals surface area contributed by atoms with Crippen molar-refractivity contribution in [2.75, 3.05) is 6.67 Å². The number of benzene rings is 1. The van der Waals surface area contributed by atoms with E-state index in [1.54, 1.807) is 0 Å². The van der Waals surface area contributed by atoms with E-state index in [2.05, 4.69) is 0 Å². The number of hydrogen-bond acceptors (Lipinski definition) is 0.